The first-order chi connectivity index (χ1) is 13.1. The van der Waals surface area contributed by atoms with Crippen molar-refractivity contribution in [3.05, 3.63) is 98.3 Å². The van der Waals surface area contributed by atoms with Crippen molar-refractivity contribution >= 4 is 38.5 Å². The number of rotatable bonds is 4. The molecule has 4 aromatic rings. The smallest absolute Gasteiger partial charge is 0.200 e. The summed E-state index contributed by atoms with van der Waals surface area (Å²) in [6.07, 6.45) is 1.50. The molecule has 5 heteroatoms. The van der Waals surface area contributed by atoms with Gasteiger partial charge < -0.3 is 9.15 Å². The van der Waals surface area contributed by atoms with E-state index in [4.69, 9.17) is 20.8 Å². The molecule has 27 heavy (non-hydrogen) atoms. The number of hydrogen-bond donors (Lipinski definition) is 0. The van der Waals surface area contributed by atoms with Gasteiger partial charge in [0.2, 0.25) is 0 Å². The third-order valence-corrected chi connectivity index (χ3v) is 5.00. The molecule has 0 aliphatic heterocycles. The Labute approximate surface area is 169 Å². The lowest BCUT2D eigenvalue weighted by Crippen LogP contribution is -2.05. The highest BCUT2D eigenvalue weighted by molar-refractivity contribution is 9.10. The van der Waals surface area contributed by atoms with E-state index >= 15 is 0 Å². The molecule has 0 bridgehead atoms. The van der Waals surface area contributed by atoms with Crippen LogP contribution in [0, 0.1) is 0 Å². The molecule has 0 spiro atoms. The summed E-state index contributed by atoms with van der Waals surface area (Å²) in [6.45, 7) is 0.407. The van der Waals surface area contributed by atoms with Crippen molar-refractivity contribution in [1.82, 2.24) is 0 Å². The van der Waals surface area contributed by atoms with E-state index < -0.39 is 0 Å². The average Bonchev–Trinajstić information content (AvgIpc) is 2.69. The summed E-state index contributed by atoms with van der Waals surface area (Å²) in [7, 11) is 0. The first kappa shape index (κ1) is 17.8. The highest BCUT2D eigenvalue weighted by Crippen LogP contribution is 2.24. The van der Waals surface area contributed by atoms with Gasteiger partial charge in [0.1, 0.15) is 24.2 Å². The van der Waals surface area contributed by atoms with Gasteiger partial charge in [-0.25, -0.2) is 0 Å². The third-order valence-electron chi connectivity index (χ3n) is 4.22. The molecule has 3 aromatic carbocycles. The van der Waals surface area contributed by atoms with E-state index in [-0.39, 0.29) is 5.43 Å². The Hall–Kier alpha value is -2.56. The van der Waals surface area contributed by atoms with Gasteiger partial charge >= 0.3 is 0 Å². The van der Waals surface area contributed by atoms with Crippen LogP contribution < -0.4 is 10.2 Å². The summed E-state index contributed by atoms with van der Waals surface area (Å²) in [5, 5.41) is 1.21. The summed E-state index contributed by atoms with van der Waals surface area (Å²) in [6, 6.07) is 20.3. The fourth-order valence-electron chi connectivity index (χ4n) is 2.77. The average molecular weight is 442 g/mol. The number of ether oxygens (including phenoxy) is 1. The van der Waals surface area contributed by atoms with Crippen LogP contribution in [0.25, 0.3) is 22.1 Å². The maximum atomic E-state index is 12.8. The van der Waals surface area contributed by atoms with Gasteiger partial charge in [-0.15, -0.1) is 0 Å². The second-order valence-electron chi connectivity index (χ2n) is 6.06. The van der Waals surface area contributed by atoms with Gasteiger partial charge in [0.25, 0.3) is 0 Å². The SMILES string of the molecule is O=c1c(-c2ccc(Br)cc2)coc2cc(OCc3ccc(Cl)cc3)ccc12. The molecule has 0 saturated carbocycles. The Morgan fingerprint density at radius 1 is 0.963 bits per heavy atom. The van der Waals surface area contributed by atoms with Crippen molar-refractivity contribution in [3.63, 3.8) is 0 Å². The third kappa shape index (κ3) is 3.92. The predicted octanol–water partition coefficient (Wildman–Crippen LogP) is 6.45. The van der Waals surface area contributed by atoms with Crippen LogP contribution in [0.5, 0.6) is 5.75 Å². The predicted molar refractivity (Wildman–Crippen MR) is 111 cm³/mol. The molecule has 0 amide bonds. The van der Waals surface area contributed by atoms with E-state index in [2.05, 4.69) is 15.9 Å². The standard InChI is InChI=1S/C22H14BrClO3/c23-16-5-3-15(4-6-16)20-13-27-21-11-18(9-10-19(21)22(20)25)26-12-14-1-7-17(24)8-2-14/h1-11,13H,12H2. The molecule has 0 radical (unpaired) electrons. The van der Waals surface area contributed by atoms with Crippen molar-refractivity contribution in [1.29, 1.82) is 0 Å². The zero-order valence-corrected chi connectivity index (χ0v) is 16.5. The minimum atomic E-state index is -0.0668. The molecule has 0 N–H and O–H groups in total. The fraction of sp³-hybridized carbons (Fsp3) is 0.0455. The highest BCUT2D eigenvalue weighted by atomic mass is 79.9. The van der Waals surface area contributed by atoms with Crippen LogP contribution in [-0.4, -0.2) is 0 Å². The van der Waals surface area contributed by atoms with E-state index in [9.17, 15) is 4.79 Å². The molecule has 0 unspecified atom stereocenters. The number of halogens is 2. The lowest BCUT2D eigenvalue weighted by Gasteiger charge is -2.08. The fourth-order valence-corrected chi connectivity index (χ4v) is 3.16. The lowest BCUT2D eigenvalue weighted by atomic mass is 10.1. The van der Waals surface area contributed by atoms with Gasteiger partial charge in [0.05, 0.1) is 10.9 Å². The van der Waals surface area contributed by atoms with Gasteiger partial charge in [0.15, 0.2) is 5.43 Å². The molecule has 0 aliphatic rings. The van der Waals surface area contributed by atoms with Crippen LogP contribution in [0.1, 0.15) is 5.56 Å². The molecule has 1 heterocycles. The number of benzene rings is 3. The molecule has 1 aromatic heterocycles. The summed E-state index contributed by atoms with van der Waals surface area (Å²) in [5.41, 5.74) is 2.78. The minimum Gasteiger partial charge on any atom is -0.489 e. The lowest BCUT2D eigenvalue weighted by molar-refractivity contribution is 0.306. The molecule has 134 valence electrons. The van der Waals surface area contributed by atoms with Crippen LogP contribution in [0.3, 0.4) is 0 Å². The summed E-state index contributed by atoms with van der Waals surface area (Å²) >= 11 is 9.29. The molecule has 0 aliphatic carbocycles. The van der Waals surface area contributed by atoms with E-state index in [0.717, 1.165) is 15.6 Å². The first-order valence-electron chi connectivity index (χ1n) is 8.29. The zero-order chi connectivity index (χ0) is 18.8. The van der Waals surface area contributed by atoms with E-state index in [0.29, 0.717) is 33.9 Å². The van der Waals surface area contributed by atoms with Gasteiger partial charge in [0, 0.05) is 15.6 Å². The van der Waals surface area contributed by atoms with Crippen molar-refractivity contribution in [3.8, 4) is 16.9 Å². The maximum Gasteiger partial charge on any atom is 0.200 e. The molecular formula is C22H14BrClO3. The Bertz CT molecular complexity index is 1150. The Morgan fingerprint density at radius 3 is 2.44 bits per heavy atom. The van der Waals surface area contributed by atoms with Crippen LogP contribution in [0.15, 0.2) is 86.7 Å². The van der Waals surface area contributed by atoms with Gasteiger partial charge in [-0.2, -0.15) is 0 Å². The van der Waals surface area contributed by atoms with Crippen molar-refractivity contribution < 1.29 is 9.15 Å². The molecule has 0 atom stereocenters. The van der Waals surface area contributed by atoms with Gasteiger partial charge in [-0.3, -0.25) is 4.79 Å². The molecule has 0 saturated heterocycles. The van der Waals surface area contributed by atoms with E-state index in [1.165, 1.54) is 6.26 Å². The minimum absolute atomic E-state index is 0.0668. The van der Waals surface area contributed by atoms with Crippen LogP contribution in [-0.2, 0) is 6.61 Å². The molecular weight excluding hydrogens is 428 g/mol. The first-order valence-corrected chi connectivity index (χ1v) is 9.46. The summed E-state index contributed by atoms with van der Waals surface area (Å²) in [5.74, 6) is 0.636. The normalized spacial score (nSPS) is 10.9. The Morgan fingerprint density at radius 2 is 1.70 bits per heavy atom. The zero-order valence-electron chi connectivity index (χ0n) is 14.1. The second kappa shape index (κ2) is 7.59. The van der Waals surface area contributed by atoms with Crippen molar-refractivity contribution in [2.24, 2.45) is 0 Å². The van der Waals surface area contributed by atoms with Gasteiger partial charge in [-0.1, -0.05) is 51.8 Å². The Balaban J connectivity index is 1.61. The van der Waals surface area contributed by atoms with Crippen LogP contribution >= 0.6 is 27.5 Å². The van der Waals surface area contributed by atoms with Crippen LogP contribution in [0.4, 0.5) is 0 Å². The van der Waals surface area contributed by atoms with E-state index in [1.807, 2.05) is 48.5 Å². The molecule has 3 nitrogen and oxygen atoms in total. The highest BCUT2D eigenvalue weighted by Gasteiger charge is 2.10. The Kier molecular flexibility index (Phi) is 5.01. The summed E-state index contributed by atoms with van der Waals surface area (Å²) in [4.78, 5) is 12.8. The molecule has 4 rings (SSSR count). The number of hydrogen-bond acceptors (Lipinski definition) is 3. The quantitative estimate of drug-likeness (QED) is 0.365. The van der Waals surface area contributed by atoms with Crippen molar-refractivity contribution in [2.45, 2.75) is 6.61 Å². The summed E-state index contributed by atoms with van der Waals surface area (Å²) < 4.78 is 12.5. The monoisotopic (exact) mass is 440 g/mol. The van der Waals surface area contributed by atoms with Crippen molar-refractivity contribution in [2.75, 3.05) is 0 Å². The maximum absolute atomic E-state index is 12.8. The topological polar surface area (TPSA) is 39.4 Å². The van der Waals surface area contributed by atoms with E-state index in [1.54, 1.807) is 18.2 Å². The second-order valence-corrected chi connectivity index (χ2v) is 7.41. The largest absolute Gasteiger partial charge is 0.489 e. The molecule has 0 fully saturated rings. The van der Waals surface area contributed by atoms with Gasteiger partial charge in [-0.05, 0) is 47.5 Å². The number of fused-ring (bicyclic) bond motifs is 1. The van der Waals surface area contributed by atoms with Crippen LogP contribution in [0.2, 0.25) is 5.02 Å².